The molecule has 1 aromatic rings. The van der Waals surface area contributed by atoms with E-state index >= 15 is 0 Å². The summed E-state index contributed by atoms with van der Waals surface area (Å²) in [7, 11) is 0. The maximum Gasteiger partial charge on any atom is 0.0991 e. The molecule has 0 aromatic heterocycles. The summed E-state index contributed by atoms with van der Waals surface area (Å²) in [5.74, 6) is 0.390. The van der Waals surface area contributed by atoms with Gasteiger partial charge in [0.2, 0.25) is 0 Å². The lowest BCUT2D eigenvalue weighted by Gasteiger charge is -2.25. The van der Waals surface area contributed by atoms with Gasteiger partial charge in [-0.3, -0.25) is 0 Å². The minimum atomic E-state index is 0.0978. The quantitative estimate of drug-likeness (QED) is 0.818. The number of hydrogen-bond acceptors (Lipinski definition) is 3. The standard InChI is InChI=1S/C14H20N2O/c1-10(2)14(9-17)16-11(3)13-6-4-12(8-15)5-7-13/h4-7,10-11,14,16-17H,9H2,1-3H3/t11?,14-/m1/s1. The first-order valence-corrected chi connectivity index (χ1v) is 5.95. The fraction of sp³-hybridized carbons (Fsp3) is 0.500. The number of aliphatic hydroxyl groups excluding tert-OH is 1. The molecule has 0 amide bonds. The molecule has 0 radical (unpaired) electrons. The zero-order valence-electron chi connectivity index (χ0n) is 10.6. The van der Waals surface area contributed by atoms with E-state index in [0.717, 1.165) is 5.56 Å². The lowest BCUT2D eigenvalue weighted by Crippen LogP contribution is -2.38. The molecule has 0 bridgehead atoms. The summed E-state index contributed by atoms with van der Waals surface area (Å²) in [5.41, 5.74) is 1.80. The van der Waals surface area contributed by atoms with Crippen LogP contribution in [-0.4, -0.2) is 17.8 Å². The topological polar surface area (TPSA) is 56.0 Å². The number of nitriles is 1. The van der Waals surface area contributed by atoms with Crippen LogP contribution in [-0.2, 0) is 0 Å². The van der Waals surface area contributed by atoms with Gasteiger partial charge < -0.3 is 10.4 Å². The predicted molar refractivity (Wildman–Crippen MR) is 68.4 cm³/mol. The van der Waals surface area contributed by atoms with Crippen molar-refractivity contribution in [1.29, 1.82) is 5.26 Å². The first-order chi connectivity index (χ1) is 8.08. The summed E-state index contributed by atoms with van der Waals surface area (Å²) < 4.78 is 0. The maximum absolute atomic E-state index is 9.27. The molecule has 1 rings (SSSR count). The Morgan fingerprint density at radius 2 is 1.82 bits per heavy atom. The van der Waals surface area contributed by atoms with Crippen molar-refractivity contribution in [3.63, 3.8) is 0 Å². The van der Waals surface area contributed by atoms with Crippen molar-refractivity contribution in [3.05, 3.63) is 35.4 Å². The van der Waals surface area contributed by atoms with E-state index < -0.39 is 0 Å². The molecule has 0 heterocycles. The number of hydrogen-bond donors (Lipinski definition) is 2. The Labute approximate surface area is 103 Å². The van der Waals surface area contributed by atoms with E-state index in [-0.39, 0.29) is 18.7 Å². The van der Waals surface area contributed by atoms with Gasteiger partial charge >= 0.3 is 0 Å². The minimum absolute atomic E-state index is 0.0978. The van der Waals surface area contributed by atoms with Gasteiger partial charge in [0.25, 0.3) is 0 Å². The van der Waals surface area contributed by atoms with E-state index in [1.54, 1.807) is 0 Å². The Kier molecular flexibility index (Phi) is 5.14. The molecule has 3 heteroatoms. The van der Waals surface area contributed by atoms with Crippen LogP contribution in [0.3, 0.4) is 0 Å². The smallest absolute Gasteiger partial charge is 0.0991 e. The number of aliphatic hydroxyl groups is 1. The van der Waals surface area contributed by atoms with Crippen LogP contribution in [0.5, 0.6) is 0 Å². The van der Waals surface area contributed by atoms with E-state index in [1.165, 1.54) is 0 Å². The number of benzene rings is 1. The van der Waals surface area contributed by atoms with E-state index in [1.807, 2.05) is 24.3 Å². The van der Waals surface area contributed by atoms with Gasteiger partial charge in [0.05, 0.1) is 18.2 Å². The summed E-state index contributed by atoms with van der Waals surface area (Å²) in [6, 6.07) is 9.90. The monoisotopic (exact) mass is 232 g/mol. The molecule has 2 N–H and O–H groups in total. The lowest BCUT2D eigenvalue weighted by molar-refractivity contribution is 0.201. The second-order valence-corrected chi connectivity index (χ2v) is 4.66. The fourth-order valence-corrected chi connectivity index (χ4v) is 1.72. The molecular formula is C14H20N2O. The van der Waals surface area contributed by atoms with Crippen molar-refractivity contribution in [2.45, 2.75) is 32.9 Å². The maximum atomic E-state index is 9.27. The normalized spacial score (nSPS) is 14.4. The Bertz CT molecular complexity index is 378. The molecule has 0 spiro atoms. The van der Waals surface area contributed by atoms with Crippen molar-refractivity contribution >= 4 is 0 Å². The van der Waals surface area contributed by atoms with Crippen LogP contribution in [0.4, 0.5) is 0 Å². The molecule has 1 unspecified atom stereocenters. The molecule has 0 saturated heterocycles. The highest BCUT2D eigenvalue weighted by molar-refractivity contribution is 5.32. The van der Waals surface area contributed by atoms with Gasteiger partial charge in [0.15, 0.2) is 0 Å². The molecule has 0 fully saturated rings. The van der Waals surface area contributed by atoms with Gasteiger partial charge in [-0.05, 0) is 30.5 Å². The zero-order valence-corrected chi connectivity index (χ0v) is 10.6. The van der Waals surface area contributed by atoms with Crippen LogP contribution < -0.4 is 5.32 Å². The summed E-state index contributed by atoms with van der Waals surface area (Å²) in [4.78, 5) is 0. The zero-order chi connectivity index (χ0) is 12.8. The Morgan fingerprint density at radius 1 is 1.24 bits per heavy atom. The summed E-state index contributed by atoms with van der Waals surface area (Å²) in [6.45, 7) is 6.36. The third kappa shape index (κ3) is 3.85. The van der Waals surface area contributed by atoms with Gasteiger partial charge in [0.1, 0.15) is 0 Å². The minimum Gasteiger partial charge on any atom is -0.395 e. The summed E-state index contributed by atoms with van der Waals surface area (Å²) in [6.07, 6.45) is 0. The SMILES string of the molecule is CC(N[C@H](CO)C(C)C)c1ccc(C#N)cc1. The largest absolute Gasteiger partial charge is 0.395 e. The van der Waals surface area contributed by atoms with Crippen LogP contribution in [0.1, 0.15) is 37.9 Å². The molecular weight excluding hydrogens is 212 g/mol. The number of nitrogens with one attached hydrogen (secondary N) is 1. The van der Waals surface area contributed by atoms with Crippen molar-refractivity contribution in [2.24, 2.45) is 5.92 Å². The molecule has 0 aliphatic carbocycles. The van der Waals surface area contributed by atoms with Gasteiger partial charge in [-0.2, -0.15) is 5.26 Å². The van der Waals surface area contributed by atoms with E-state index in [4.69, 9.17) is 5.26 Å². The Balaban J connectivity index is 2.69. The fourth-order valence-electron chi connectivity index (χ4n) is 1.72. The van der Waals surface area contributed by atoms with Crippen LogP contribution in [0.15, 0.2) is 24.3 Å². The highest BCUT2D eigenvalue weighted by Crippen LogP contribution is 2.15. The van der Waals surface area contributed by atoms with Gasteiger partial charge in [-0.15, -0.1) is 0 Å². The van der Waals surface area contributed by atoms with E-state index in [9.17, 15) is 5.11 Å². The van der Waals surface area contributed by atoms with Gasteiger partial charge in [-0.1, -0.05) is 26.0 Å². The first-order valence-electron chi connectivity index (χ1n) is 5.95. The predicted octanol–water partition coefficient (Wildman–Crippen LogP) is 2.23. The van der Waals surface area contributed by atoms with E-state index in [2.05, 4.69) is 32.2 Å². The molecule has 17 heavy (non-hydrogen) atoms. The average molecular weight is 232 g/mol. The van der Waals surface area contributed by atoms with Gasteiger partial charge in [0, 0.05) is 12.1 Å². The third-order valence-corrected chi connectivity index (χ3v) is 3.01. The molecule has 1 aromatic carbocycles. The van der Waals surface area contributed by atoms with Crippen LogP contribution in [0.25, 0.3) is 0 Å². The van der Waals surface area contributed by atoms with Crippen molar-refractivity contribution in [2.75, 3.05) is 6.61 Å². The van der Waals surface area contributed by atoms with Crippen LogP contribution in [0.2, 0.25) is 0 Å². The van der Waals surface area contributed by atoms with E-state index in [0.29, 0.717) is 11.5 Å². The Morgan fingerprint density at radius 3 is 2.24 bits per heavy atom. The van der Waals surface area contributed by atoms with Crippen molar-refractivity contribution in [3.8, 4) is 6.07 Å². The van der Waals surface area contributed by atoms with Gasteiger partial charge in [-0.25, -0.2) is 0 Å². The third-order valence-electron chi connectivity index (χ3n) is 3.01. The van der Waals surface area contributed by atoms with Crippen molar-refractivity contribution in [1.82, 2.24) is 5.32 Å². The molecule has 0 saturated carbocycles. The average Bonchev–Trinajstić information content (AvgIpc) is 2.35. The molecule has 0 aliphatic rings. The molecule has 2 atom stereocenters. The molecule has 0 aliphatic heterocycles. The number of nitrogens with zero attached hydrogens (tertiary/aromatic N) is 1. The van der Waals surface area contributed by atoms with Crippen LogP contribution >= 0.6 is 0 Å². The van der Waals surface area contributed by atoms with Crippen LogP contribution in [0, 0.1) is 17.2 Å². The molecule has 92 valence electrons. The first kappa shape index (κ1) is 13.7. The Hall–Kier alpha value is -1.37. The second-order valence-electron chi connectivity index (χ2n) is 4.66. The number of rotatable bonds is 5. The summed E-state index contributed by atoms with van der Waals surface area (Å²) in [5, 5.41) is 21.4. The molecule has 3 nitrogen and oxygen atoms in total. The highest BCUT2D eigenvalue weighted by Gasteiger charge is 2.15. The lowest BCUT2D eigenvalue weighted by atomic mass is 10.0. The van der Waals surface area contributed by atoms with Crippen molar-refractivity contribution < 1.29 is 5.11 Å². The second kappa shape index (κ2) is 6.39. The highest BCUT2D eigenvalue weighted by atomic mass is 16.3. The summed E-state index contributed by atoms with van der Waals surface area (Å²) >= 11 is 0.